The van der Waals surface area contributed by atoms with E-state index in [0.29, 0.717) is 6.42 Å². The summed E-state index contributed by atoms with van der Waals surface area (Å²) < 4.78 is 0. The maximum atomic E-state index is 11.6. The maximum absolute atomic E-state index is 11.6. The van der Waals surface area contributed by atoms with E-state index >= 15 is 0 Å². The molecule has 0 aromatic rings. The Hall–Kier alpha value is -2.36. The van der Waals surface area contributed by atoms with Crippen LogP contribution in [0.2, 0.25) is 0 Å². The van der Waals surface area contributed by atoms with Crippen molar-refractivity contribution < 1.29 is 19.5 Å². The van der Waals surface area contributed by atoms with Gasteiger partial charge in [0.15, 0.2) is 5.96 Å². The number of carboxylic acids is 1. The van der Waals surface area contributed by atoms with Gasteiger partial charge in [-0.3, -0.25) is 14.6 Å². The minimum Gasteiger partial charge on any atom is -0.480 e. The molecule has 0 aliphatic carbocycles. The number of carbonyl (C=O) groups is 3. The fourth-order valence-corrected chi connectivity index (χ4v) is 1.35. The summed E-state index contributed by atoms with van der Waals surface area (Å²) in [5, 5.41) is 11.2. The van der Waals surface area contributed by atoms with Gasteiger partial charge >= 0.3 is 5.97 Å². The molecule has 10 nitrogen and oxygen atoms in total. The third-order valence-corrected chi connectivity index (χ3v) is 2.32. The van der Waals surface area contributed by atoms with E-state index in [1.807, 2.05) is 0 Å². The number of aliphatic carboxylic acids is 1. The van der Waals surface area contributed by atoms with Crippen LogP contribution < -0.4 is 28.3 Å². The first kappa shape index (κ1) is 17.6. The number of amides is 2. The summed E-state index contributed by atoms with van der Waals surface area (Å²) in [6.45, 7) is 0.245. The topological polar surface area (TPSA) is 200 Å². The molecular formula is C10H20N6O4. The summed E-state index contributed by atoms with van der Waals surface area (Å²) in [6.07, 6.45) is 0.132. The lowest BCUT2D eigenvalue weighted by Crippen LogP contribution is -2.49. The molecule has 114 valence electrons. The van der Waals surface area contributed by atoms with Crippen LogP contribution in [0.4, 0.5) is 0 Å². The van der Waals surface area contributed by atoms with E-state index in [0.717, 1.165) is 0 Å². The zero-order chi connectivity index (χ0) is 15.7. The normalized spacial score (nSPS) is 13.1. The molecule has 10 heteroatoms. The van der Waals surface area contributed by atoms with Gasteiger partial charge < -0.3 is 33.4 Å². The van der Waals surface area contributed by atoms with Crippen molar-refractivity contribution in [2.45, 2.75) is 31.3 Å². The van der Waals surface area contributed by atoms with E-state index in [1.54, 1.807) is 0 Å². The summed E-state index contributed by atoms with van der Waals surface area (Å²) in [7, 11) is 0. The smallest absolute Gasteiger partial charge is 0.326 e. The molecule has 0 aliphatic heterocycles. The first-order chi connectivity index (χ1) is 9.23. The Balaban J connectivity index is 4.33. The van der Waals surface area contributed by atoms with Crippen molar-refractivity contribution in [1.82, 2.24) is 5.32 Å². The molecule has 0 aliphatic rings. The fourth-order valence-electron chi connectivity index (χ4n) is 1.35. The number of hydrogen-bond acceptors (Lipinski definition) is 5. The van der Waals surface area contributed by atoms with Crippen LogP contribution >= 0.6 is 0 Å². The van der Waals surface area contributed by atoms with Crippen molar-refractivity contribution in [3.63, 3.8) is 0 Å². The van der Waals surface area contributed by atoms with Gasteiger partial charge in [0.05, 0.1) is 12.5 Å². The number of nitrogens with zero attached hydrogens (tertiary/aromatic N) is 1. The third-order valence-electron chi connectivity index (χ3n) is 2.32. The van der Waals surface area contributed by atoms with Crippen LogP contribution in [0.5, 0.6) is 0 Å². The molecule has 0 aromatic heterocycles. The average Bonchev–Trinajstić information content (AvgIpc) is 2.31. The molecule has 10 N–H and O–H groups in total. The molecule has 0 rings (SSSR count). The number of carbonyl (C=O) groups excluding carboxylic acids is 2. The largest absolute Gasteiger partial charge is 0.480 e. The highest BCUT2D eigenvalue weighted by molar-refractivity contribution is 5.90. The molecule has 0 unspecified atom stereocenters. The van der Waals surface area contributed by atoms with Crippen LogP contribution in [-0.2, 0) is 14.4 Å². The Labute approximate surface area is 115 Å². The minimum atomic E-state index is -1.21. The van der Waals surface area contributed by atoms with Gasteiger partial charge in [-0.15, -0.1) is 0 Å². The summed E-state index contributed by atoms with van der Waals surface area (Å²) in [5.41, 5.74) is 20.5. The molecule has 20 heavy (non-hydrogen) atoms. The number of hydrogen-bond donors (Lipinski definition) is 6. The van der Waals surface area contributed by atoms with E-state index in [1.165, 1.54) is 0 Å². The molecular weight excluding hydrogens is 268 g/mol. The zero-order valence-electron chi connectivity index (χ0n) is 10.9. The lowest BCUT2D eigenvalue weighted by Gasteiger charge is -2.16. The Morgan fingerprint density at radius 2 is 1.80 bits per heavy atom. The van der Waals surface area contributed by atoms with E-state index in [-0.39, 0.29) is 25.3 Å². The molecule has 0 fully saturated rings. The molecule has 0 aromatic carbocycles. The SMILES string of the molecule is NC(=O)C[C@@H](N)C(=O)N[C@@H](CCCN=C(N)N)C(=O)O. The second-order valence-electron chi connectivity index (χ2n) is 4.13. The van der Waals surface area contributed by atoms with E-state index in [2.05, 4.69) is 10.3 Å². The highest BCUT2D eigenvalue weighted by Crippen LogP contribution is 2.00. The van der Waals surface area contributed by atoms with E-state index in [9.17, 15) is 14.4 Å². The van der Waals surface area contributed by atoms with Crippen molar-refractivity contribution in [3.8, 4) is 0 Å². The molecule has 0 saturated heterocycles. The van der Waals surface area contributed by atoms with Crippen LogP contribution in [0.25, 0.3) is 0 Å². The zero-order valence-corrected chi connectivity index (χ0v) is 10.9. The van der Waals surface area contributed by atoms with Crippen molar-refractivity contribution in [2.24, 2.45) is 27.9 Å². The molecule has 0 heterocycles. The van der Waals surface area contributed by atoms with Crippen molar-refractivity contribution >= 4 is 23.7 Å². The van der Waals surface area contributed by atoms with Crippen molar-refractivity contribution in [1.29, 1.82) is 0 Å². The van der Waals surface area contributed by atoms with Crippen molar-refractivity contribution in [3.05, 3.63) is 0 Å². The highest BCUT2D eigenvalue weighted by atomic mass is 16.4. The number of nitrogens with two attached hydrogens (primary N) is 4. The summed E-state index contributed by atoms with van der Waals surface area (Å²) in [6, 6.07) is -2.30. The summed E-state index contributed by atoms with van der Waals surface area (Å²) >= 11 is 0. The average molecular weight is 288 g/mol. The number of aliphatic imine (C=N–C) groups is 1. The quantitative estimate of drug-likeness (QED) is 0.146. The lowest BCUT2D eigenvalue weighted by molar-refractivity contribution is -0.142. The number of carboxylic acid groups (broad SMARTS) is 1. The van der Waals surface area contributed by atoms with Gasteiger partial charge in [-0.05, 0) is 12.8 Å². The number of rotatable bonds is 9. The lowest BCUT2D eigenvalue weighted by atomic mass is 10.1. The van der Waals surface area contributed by atoms with Crippen LogP contribution in [0.3, 0.4) is 0 Å². The molecule has 2 amide bonds. The first-order valence-electron chi connectivity index (χ1n) is 5.86. The molecule has 0 saturated carbocycles. The van der Waals surface area contributed by atoms with Crippen LogP contribution in [0, 0.1) is 0 Å². The molecule has 2 atom stereocenters. The standard InChI is InChI=1S/C10H20N6O4/c11-5(4-7(12)17)8(18)16-6(9(19)20)2-1-3-15-10(13)14/h5-6H,1-4,11H2,(H2,12,17)(H,16,18)(H,19,20)(H4,13,14,15)/t5-,6+/m1/s1. The Morgan fingerprint density at radius 1 is 1.20 bits per heavy atom. The van der Waals surface area contributed by atoms with Gasteiger partial charge in [-0.25, -0.2) is 4.79 Å². The highest BCUT2D eigenvalue weighted by Gasteiger charge is 2.23. The number of primary amides is 1. The molecule has 0 bridgehead atoms. The van der Waals surface area contributed by atoms with E-state index in [4.69, 9.17) is 28.0 Å². The minimum absolute atomic E-state index is 0.0932. The van der Waals surface area contributed by atoms with Gasteiger partial charge in [-0.1, -0.05) is 0 Å². The Bertz CT molecular complexity index is 393. The Kier molecular flexibility index (Phi) is 7.67. The monoisotopic (exact) mass is 288 g/mol. The second-order valence-corrected chi connectivity index (χ2v) is 4.13. The number of guanidine groups is 1. The first-order valence-corrected chi connectivity index (χ1v) is 5.86. The van der Waals surface area contributed by atoms with Crippen LogP contribution in [0.15, 0.2) is 4.99 Å². The molecule has 0 spiro atoms. The third kappa shape index (κ3) is 7.87. The van der Waals surface area contributed by atoms with Crippen LogP contribution in [0.1, 0.15) is 19.3 Å². The van der Waals surface area contributed by atoms with Gasteiger partial charge in [0.2, 0.25) is 11.8 Å². The second kappa shape index (κ2) is 8.69. The predicted molar refractivity (Wildman–Crippen MR) is 71.3 cm³/mol. The van der Waals surface area contributed by atoms with Gasteiger partial charge in [0.25, 0.3) is 0 Å². The summed E-state index contributed by atoms with van der Waals surface area (Å²) in [4.78, 5) is 36.8. The molecule has 0 radical (unpaired) electrons. The maximum Gasteiger partial charge on any atom is 0.326 e. The van der Waals surface area contributed by atoms with Crippen molar-refractivity contribution in [2.75, 3.05) is 6.54 Å². The van der Waals surface area contributed by atoms with Crippen LogP contribution in [-0.4, -0.2) is 47.5 Å². The fraction of sp³-hybridized carbons (Fsp3) is 0.600. The summed E-state index contributed by atoms with van der Waals surface area (Å²) in [5.74, 6) is -2.80. The predicted octanol–water partition coefficient (Wildman–Crippen LogP) is -3.19. The van der Waals surface area contributed by atoms with Gasteiger partial charge in [-0.2, -0.15) is 0 Å². The van der Waals surface area contributed by atoms with E-state index < -0.39 is 29.9 Å². The van der Waals surface area contributed by atoms with Gasteiger partial charge in [0.1, 0.15) is 6.04 Å². The van der Waals surface area contributed by atoms with Gasteiger partial charge in [0, 0.05) is 6.54 Å². The Morgan fingerprint density at radius 3 is 2.25 bits per heavy atom. The number of nitrogens with one attached hydrogen (secondary N) is 1.